The van der Waals surface area contributed by atoms with Crippen LogP contribution in [-0.4, -0.2) is 18.1 Å². The van der Waals surface area contributed by atoms with E-state index in [1.165, 1.54) is 5.56 Å². The Hall–Kier alpha value is -1.87. The van der Waals surface area contributed by atoms with Crippen molar-refractivity contribution >= 4 is 0 Å². The normalized spacial score (nSPS) is 10.3. The second-order valence-electron chi connectivity index (χ2n) is 4.11. The van der Waals surface area contributed by atoms with Crippen LogP contribution in [0, 0.1) is 6.92 Å². The maximum Gasteiger partial charge on any atom is 0.122 e. The lowest BCUT2D eigenvalue weighted by Gasteiger charge is -2.09. The lowest BCUT2D eigenvalue weighted by atomic mass is 10.2. The third-order valence-corrected chi connectivity index (χ3v) is 2.66. The topological polar surface area (TPSA) is 34.1 Å². The molecular formula is C15H18N2O. The van der Waals surface area contributed by atoms with Gasteiger partial charge in [-0.1, -0.05) is 24.3 Å². The van der Waals surface area contributed by atoms with Gasteiger partial charge in [0, 0.05) is 19.3 Å². The quantitative estimate of drug-likeness (QED) is 0.790. The molecule has 0 spiro atoms. The fourth-order valence-corrected chi connectivity index (χ4v) is 1.67. The highest BCUT2D eigenvalue weighted by Gasteiger charge is 1.97. The van der Waals surface area contributed by atoms with E-state index in [1.807, 2.05) is 36.4 Å². The minimum atomic E-state index is 0.664. The Morgan fingerprint density at radius 1 is 1.11 bits per heavy atom. The molecule has 0 amide bonds. The predicted octanol–water partition coefficient (Wildman–Crippen LogP) is 2.56. The van der Waals surface area contributed by atoms with Crippen molar-refractivity contribution in [2.75, 3.05) is 13.2 Å². The van der Waals surface area contributed by atoms with Crippen molar-refractivity contribution in [1.29, 1.82) is 0 Å². The first-order valence-electron chi connectivity index (χ1n) is 6.15. The Morgan fingerprint density at radius 3 is 2.72 bits per heavy atom. The molecule has 2 aromatic rings. The number of benzene rings is 1. The Bertz CT molecular complexity index is 471. The summed E-state index contributed by atoms with van der Waals surface area (Å²) in [6.45, 7) is 4.30. The highest BCUT2D eigenvalue weighted by atomic mass is 16.5. The second-order valence-corrected chi connectivity index (χ2v) is 4.11. The van der Waals surface area contributed by atoms with Crippen molar-refractivity contribution in [3.05, 3.63) is 59.9 Å². The van der Waals surface area contributed by atoms with Crippen LogP contribution in [0.4, 0.5) is 0 Å². The molecule has 0 aliphatic heterocycles. The van der Waals surface area contributed by atoms with Crippen LogP contribution in [0.3, 0.4) is 0 Å². The third-order valence-electron chi connectivity index (χ3n) is 2.66. The fraction of sp³-hybridized carbons (Fsp3) is 0.267. The zero-order valence-corrected chi connectivity index (χ0v) is 10.6. The van der Waals surface area contributed by atoms with Crippen molar-refractivity contribution in [1.82, 2.24) is 10.3 Å². The van der Waals surface area contributed by atoms with E-state index in [0.29, 0.717) is 6.61 Å². The minimum Gasteiger partial charge on any atom is -0.492 e. The maximum absolute atomic E-state index is 5.69. The molecule has 1 aromatic heterocycles. The molecule has 18 heavy (non-hydrogen) atoms. The van der Waals surface area contributed by atoms with Gasteiger partial charge in [0.05, 0.1) is 5.69 Å². The van der Waals surface area contributed by atoms with Gasteiger partial charge in [-0.3, -0.25) is 4.98 Å². The van der Waals surface area contributed by atoms with Gasteiger partial charge in [0.25, 0.3) is 0 Å². The van der Waals surface area contributed by atoms with Gasteiger partial charge in [-0.25, -0.2) is 0 Å². The Morgan fingerprint density at radius 2 is 1.94 bits per heavy atom. The number of rotatable bonds is 6. The summed E-state index contributed by atoms with van der Waals surface area (Å²) in [7, 11) is 0. The Kier molecular flexibility index (Phi) is 4.73. The first-order valence-corrected chi connectivity index (χ1v) is 6.15. The Labute approximate surface area is 108 Å². The smallest absolute Gasteiger partial charge is 0.122 e. The second kappa shape index (κ2) is 6.77. The molecule has 94 valence electrons. The SMILES string of the molecule is Cc1ccccc1OCCNCc1ccccn1. The molecule has 1 heterocycles. The summed E-state index contributed by atoms with van der Waals surface area (Å²) in [6, 6.07) is 14.0. The van der Waals surface area contributed by atoms with Crippen molar-refractivity contribution in [2.24, 2.45) is 0 Å². The van der Waals surface area contributed by atoms with Crippen LogP contribution in [0.2, 0.25) is 0 Å². The number of aromatic nitrogens is 1. The summed E-state index contributed by atoms with van der Waals surface area (Å²) >= 11 is 0. The molecule has 0 atom stereocenters. The fourth-order valence-electron chi connectivity index (χ4n) is 1.67. The summed E-state index contributed by atoms with van der Waals surface area (Å²) in [4.78, 5) is 4.25. The largest absolute Gasteiger partial charge is 0.492 e. The summed E-state index contributed by atoms with van der Waals surface area (Å²) in [5, 5.41) is 3.30. The van der Waals surface area contributed by atoms with Crippen LogP contribution in [-0.2, 0) is 6.54 Å². The van der Waals surface area contributed by atoms with Crippen molar-refractivity contribution in [3.63, 3.8) is 0 Å². The van der Waals surface area contributed by atoms with Crippen LogP contribution < -0.4 is 10.1 Å². The van der Waals surface area contributed by atoms with E-state index in [0.717, 1.165) is 24.5 Å². The van der Waals surface area contributed by atoms with E-state index >= 15 is 0 Å². The molecule has 0 saturated heterocycles. The number of pyridine rings is 1. The molecule has 1 aromatic carbocycles. The first-order chi connectivity index (χ1) is 8.86. The van der Waals surface area contributed by atoms with Gasteiger partial charge >= 0.3 is 0 Å². The third kappa shape index (κ3) is 3.86. The van der Waals surface area contributed by atoms with Crippen LogP contribution in [0.1, 0.15) is 11.3 Å². The lowest BCUT2D eigenvalue weighted by molar-refractivity contribution is 0.311. The number of hydrogen-bond acceptors (Lipinski definition) is 3. The summed E-state index contributed by atoms with van der Waals surface area (Å²) < 4.78 is 5.69. The van der Waals surface area contributed by atoms with E-state index in [9.17, 15) is 0 Å². The molecule has 0 unspecified atom stereocenters. The average Bonchev–Trinajstić information content (AvgIpc) is 2.42. The number of nitrogens with one attached hydrogen (secondary N) is 1. The molecule has 0 bridgehead atoms. The summed E-state index contributed by atoms with van der Waals surface area (Å²) in [6.07, 6.45) is 1.81. The minimum absolute atomic E-state index is 0.664. The molecule has 0 aliphatic rings. The highest BCUT2D eigenvalue weighted by Crippen LogP contribution is 2.15. The van der Waals surface area contributed by atoms with Crippen molar-refractivity contribution in [3.8, 4) is 5.75 Å². The van der Waals surface area contributed by atoms with Crippen molar-refractivity contribution < 1.29 is 4.74 Å². The lowest BCUT2D eigenvalue weighted by Crippen LogP contribution is -2.21. The molecule has 0 aliphatic carbocycles. The highest BCUT2D eigenvalue weighted by molar-refractivity contribution is 5.31. The van der Waals surface area contributed by atoms with Gasteiger partial charge in [0.15, 0.2) is 0 Å². The van der Waals surface area contributed by atoms with Gasteiger partial charge < -0.3 is 10.1 Å². The van der Waals surface area contributed by atoms with Gasteiger partial charge in [-0.05, 0) is 30.7 Å². The summed E-state index contributed by atoms with van der Waals surface area (Å²) in [5.74, 6) is 0.956. The van der Waals surface area contributed by atoms with Gasteiger partial charge in [0.1, 0.15) is 12.4 Å². The molecular weight excluding hydrogens is 224 g/mol. The number of para-hydroxylation sites is 1. The van der Waals surface area contributed by atoms with Crippen LogP contribution in [0.25, 0.3) is 0 Å². The van der Waals surface area contributed by atoms with Crippen LogP contribution in [0.15, 0.2) is 48.7 Å². The molecule has 0 radical (unpaired) electrons. The number of aryl methyl sites for hydroxylation is 1. The van der Waals surface area contributed by atoms with E-state index in [1.54, 1.807) is 6.20 Å². The summed E-state index contributed by atoms with van der Waals surface area (Å²) in [5.41, 5.74) is 2.22. The molecule has 0 saturated carbocycles. The maximum atomic E-state index is 5.69. The number of hydrogen-bond donors (Lipinski definition) is 1. The van der Waals surface area contributed by atoms with Gasteiger partial charge in [-0.2, -0.15) is 0 Å². The predicted molar refractivity (Wildman–Crippen MR) is 72.6 cm³/mol. The monoisotopic (exact) mass is 242 g/mol. The standard InChI is InChI=1S/C15H18N2O/c1-13-6-2-3-8-15(13)18-11-10-16-12-14-7-4-5-9-17-14/h2-9,16H,10-12H2,1H3. The molecule has 2 rings (SSSR count). The first kappa shape index (κ1) is 12.6. The number of ether oxygens (including phenoxy) is 1. The van der Waals surface area contributed by atoms with Gasteiger partial charge in [0.2, 0.25) is 0 Å². The van der Waals surface area contributed by atoms with Crippen LogP contribution in [0.5, 0.6) is 5.75 Å². The molecule has 3 heteroatoms. The van der Waals surface area contributed by atoms with Crippen LogP contribution >= 0.6 is 0 Å². The molecule has 0 fully saturated rings. The zero-order chi connectivity index (χ0) is 12.6. The molecule has 3 nitrogen and oxygen atoms in total. The van der Waals surface area contributed by atoms with E-state index in [2.05, 4.69) is 23.3 Å². The average molecular weight is 242 g/mol. The Balaban J connectivity index is 1.66. The van der Waals surface area contributed by atoms with E-state index < -0.39 is 0 Å². The van der Waals surface area contributed by atoms with E-state index in [-0.39, 0.29) is 0 Å². The van der Waals surface area contributed by atoms with Gasteiger partial charge in [-0.15, -0.1) is 0 Å². The van der Waals surface area contributed by atoms with Crippen molar-refractivity contribution in [2.45, 2.75) is 13.5 Å². The molecule has 1 N–H and O–H groups in total. The number of nitrogens with zero attached hydrogens (tertiary/aromatic N) is 1. The van der Waals surface area contributed by atoms with E-state index in [4.69, 9.17) is 4.74 Å². The zero-order valence-electron chi connectivity index (χ0n) is 10.6.